The van der Waals surface area contributed by atoms with Crippen LogP contribution in [0.4, 0.5) is 0 Å². The van der Waals surface area contributed by atoms with Crippen LogP contribution in [-0.2, 0) is 10.7 Å². The van der Waals surface area contributed by atoms with E-state index >= 15 is 0 Å². The lowest BCUT2D eigenvalue weighted by Gasteiger charge is -1.83. The molecule has 0 radical (unpaired) electrons. The van der Waals surface area contributed by atoms with E-state index in [0.29, 0.717) is 4.90 Å². The van der Waals surface area contributed by atoms with E-state index in [0.717, 1.165) is 0 Å². The Hall–Kier alpha value is -1.65. The maximum Gasteiger partial charge on any atom is 0.168 e. The van der Waals surface area contributed by atoms with Crippen molar-refractivity contribution in [3.63, 3.8) is 0 Å². The molecule has 0 aliphatic rings. The molecule has 0 fully saturated rings. The van der Waals surface area contributed by atoms with Crippen molar-refractivity contribution in [3.05, 3.63) is 66.0 Å². The molecule has 0 unspecified atom stereocenters. The number of hydrogen-bond acceptors (Lipinski definition) is 3. The third-order valence-electron chi connectivity index (χ3n) is 2.33. The van der Waals surface area contributed by atoms with E-state index in [1.165, 1.54) is 10.1 Å². The van der Waals surface area contributed by atoms with E-state index < -0.39 is 10.7 Å². The molecule has 0 spiro atoms. The molecule has 3 rings (SSSR count). The first-order valence-electron chi connectivity index (χ1n) is 5.39. The van der Waals surface area contributed by atoms with Gasteiger partial charge in [-0.15, -0.1) is 11.3 Å². The first kappa shape index (κ1) is 12.8. The summed E-state index contributed by atoms with van der Waals surface area (Å²) in [5.74, 6) is 0. The van der Waals surface area contributed by atoms with Crippen LogP contribution in [0, 0.1) is 0 Å². The second-order valence-corrected chi connectivity index (χ2v) is 5.53. The van der Waals surface area contributed by atoms with Crippen molar-refractivity contribution in [2.45, 2.75) is 4.90 Å². The molecule has 2 nitrogen and oxygen atoms in total. The largest absolute Gasteiger partial charge is 0.227 e. The van der Waals surface area contributed by atoms with Gasteiger partial charge in [-0.3, -0.25) is 0 Å². The summed E-state index contributed by atoms with van der Waals surface area (Å²) in [6, 6.07) is 18.8. The highest BCUT2D eigenvalue weighted by Gasteiger charge is 1.88. The molecular formula is C14H12O2S2. The number of hydrogen-bond donors (Lipinski definition) is 1. The fraction of sp³-hybridized carbons (Fsp3) is 0. The van der Waals surface area contributed by atoms with E-state index in [9.17, 15) is 8.42 Å². The quantitative estimate of drug-likeness (QED) is 0.690. The van der Waals surface area contributed by atoms with Crippen LogP contribution in [0.3, 0.4) is 0 Å². The molecule has 1 aromatic heterocycles. The maximum absolute atomic E-state index is 10.2. The van der Waals surface area contributed by atoms with E-state index in [-0.39, 0.29) is 0 Å². The SMILES string of the molecule is O=[SH](=O)c1ccccc1.c1ccc2sccc2c1. The zero-order valence-corrected chi connectivity index (χ0v) is 11.2. The van der Waals surface area contributed by atoms with Gasteiger partial charge < -0.3 is 0 Å². The topological polar surface area (TPSA) is 34.1 Å². The molecule has 0 saturated carbocycles. The van der Waals surface area contributed by atoms with Crippen LogP contribution in [-0.4, -0.2) is 8.42 Å². The lowest BCUT2D eigenvalue weighted by molar-refractivity contribution is 0.614. The molecule has 0 saturated heterocycles. The molecule has 92 valence electrons. The fourth-order valence-electron chi connectivity index (χ4n) is 1.46. The van der Waals surface area contributed by atoms with Gasteiger partial charge in [0.2, 0.25) is 0 Å². The van der Waals surface area contributed by atoms with Gasteiger partial charge in [-0.2, -0.15) is 0 Å². The second-order valence-electron chi connectivity index (χ2n) is 3.55. The van der Waals surface area contributed by atoms with E-state index in [1.807, 2.05) is 0 Å². The van der Waals surface area contributed by atoms with Gasteiger partial charge in [-0.1, -0.05) is 36.4 Å². The van der Waals surface area contributed by atoms with Gasteiger partial charge in [0.05, 0.1) is 4.90 Å². The molecular weight excluding hydrogens is 264 g/mol. The van der Waals surface area contributed by atoms with Crippen LogP contribution in [0.1, 0.15) is 0 Å². The van der Waals surface area contributed by atoms with Crippen molar-refractivity contribution >= 4 is 32.1 Å². The van der Waals surface area contributed by atoms with Crippen molar-refractivity contribution in [2.24, 2.45) is 0 Å². The van der Waals surface area contributed by atoms with E-state index in [2.05, 4.69) is 35.7 Å². The Bertz CT molecular complexity index is 647. The zero-order valence-electron chi connectivity index (χ0n) is 9.52. The lowest BCUT2D eigenvalue weighted by atomic mass is 10.3. The minimum absolute atomic E-state index is 0.368. The highest BCUT2D eigenvalue weighted by atomic mass is 32.2. The van der Waals surface area contributed by atoms with Gasteiger partial charge in [-0.05, 0) is 35.0 Å². The Morgan fingerprint density at radius 3 is 2.06 bits per heavy atom. The number of thiophene rings is 1. The molecule has 1 heterocycles. The summed E-state index contributed by atoms with van der Waals surface area (Å²) in [6.07, 6.45) is 0. The van der Waals surface area contributed by atoms with Gasteiger partial charge in [0, 0.05) is 4.70 Å². The van der Waals surface area contributed by atoms with Crippen LogP contribution in [0.5, 0.6) is 0 Å². The lowest BCUT2D eigenvalue weighted by Crippen LogP contribution is -1.75. The van der Waals surface area contributed by atoms with Crippen LogP contribution in [0.25, 0.3) is 10.1 Å². The molecule has 0 aliphatic carbocycles. The fourth-order valence-corrected chi connectivity index (χ4v) is 2.66. The van der Waals surface area contributed by atoms with Crippen molar-refractivity contribution < 1.29 is 8.42 Å². The average molecular weight is 276 g/mol. The second kappa shape index (κ2) is 6.33. The average Bonchev–Trinajstić information content (AvgIpc) is 2.89. The standard InChI is InChI=1S/C8H6S.C6H6O2S/c1-2-4-8-7(3-1)5-6-9-8;7-9(8)6-4-2-1-3-5-6/h1-6H;1-5,9H. The first-order chi connectivity index (χ1) is 8.77. The summed E-state index contributed by atoms with van der Waals surface area (Å²) >= 11 is 1.79. The minimum atomic E-state index is -2.40. The number of rotatable bonds is 1. The van der Waals surface area contributed by atoms with Crippen LogP contribution in [0.15, 0.2) is 70.9 Å². The molecule has 0 atom stereocenters. The third-order valence-corrected chi connectivity index (χ3v) is 3.95. The third kappa shape index (κ3) is 3.42. The molecule has 0 bridgehead atoms. The molecule has 2 aromatic carbocycles. The van der Waals surface area contributed by atoms with Crippen LogP contribution >= 0.6 is 11.3 Å². The predicted octanol–water partition coefficient (Wildman–Crippen LogP) is 3.56. The summed E-state index contributed by atoms with van der Waals surface area (Å²) in [7, 11) is -2.40. The number of thiol groups is 1. The van der Waals surface area contributed by atoms with Crippen molar-refractivity contribution in [1.82, 2.24) is 0 Å². The molecule has 0 N–H and O–H groups in total. The highest BCUT2D eigenvalue weighted by molar-refractivity contribution is 7.72. The van der Waals surface area contributed by atoms with Crippen LogP contribution < -0.4 is 0 Å². The van der Waals surface area contributed by atoms with Gasteiger partial charge in [0.1, 0.15) is 0 Å². The molecule has 0 amide bonds. The Kier molecular flexibility index (Phi) is 4.50. The highest BCUT2D eigenvalue weighted by Crippen LogP contribution is 2.18. The van der Waals surface area contributed by atoms with Gasteiger partial charge in [0.15, 0.2) is 10.7 Å². The minimum Gasteiger partial charge on any atom is -0.227 e. The predicted molar refractivity (Wildman–Crippen MR) is 76.8 cm³/mol. The smallest absolute Gasteiger partial charge is 0.168 e. The van der Waals surface area contributed by atoms with Crippen molar-refractivity contribution in [1.29, 1.82) is 0 Å². The Labute approximate surface area is 111 Å². The Morgan fingerprint density at radius 1 is 0.778 bits per heavy atom. The van der Waals surface area contributed by atoms with Crippen LogP contribution in [0.2, 0.25) is 0 Å². The van der Waals surface area contributed by atoms with Gasteiger partial charge in [0.25, 0.3) is 0 Å². The molecule has 3 aromatic rings. The molecule has 4 heteroatoms. The normalized spacial score (nSPS) is 10.1. The molecule has 0 aliphatic heterocycles. The summed E-state index contributed by atoms with van der Waals surface area (Å²) in [5, 5.41) is 3.47. The number of fused-ring (bicyclic) bond motifs is 1. The Morgan fingerprint density at radius 2 is 1.44 bits per heavy atom. The first-order valence-corrected chi connectivity index (χ1v) is 7.45. The van der Waals surface area contributed by atoms with Crippen molar-refractivity contribution in [3.8, 4) is 0 Å². The zero-order chi connectivity index (χ0) is 12.8. The molecule has 18 heavy (non-hydrogen) atoms. The van der Waals surface area contributed by atoms with Crippen molar-refractivity contribution in [2.75, 3.05) is 0 Å². The van der Waals surface area contributed by atoms with Gasteiger partial charge >= 0.3 is 0 Å². The number of benzene rings is 2. The summed E-state index contributed by atoms with van der Waals surface area (Å²) < 4.78 is 21.8. The summed E-state index contributed by atoms with van der Waals surface area (Å²) in [5.41, 5.74) is 0. The monoisotopic (exact) mass is 276 g/mol. The maximum atomic E-state index is 10.2. The summed E-state index contributed by atoms with van der Waals surface area (Å²) in [4.78, 5) is 0.368. The summed E-state index contributed by atoms with van der Waals surface area (Å²) in [6.45, 7) is 0. The van der Waals surface area contributed by atoms with Gasteiger partial charge in [-0.25, -0.2) is 8.42 Å². The van der Waals surface area contributed by atoms with E-state index in [4.69, 9.17) is 0 Å². The van der Waals surface area contributed by atoms with E-state index in [1.54, 1.807) is 41.7 Å². The Balaban J connectivity index is 0.000000134.